The molecule has 1 aliphatic rings. The van der Waals surface area contributed by atoms with Crippen LogP contribution >= 0.6 is 0 Å². The van der Waals surface area contributed by atoms with Gasteiger partial charge in [0.05, 0.1) is 11.9 Å². The Balaban J connectivity index is 1.40. The molecule has 0 radical (unpaired) electrons. The summed E-state index contributed by atoms with van der Waals surface area (Å²) in [6.07, 6.45) is 2.95. The number of carboxylic acids is 1. The van der Waals surface area contributed by atoms with Crippen LogP contribution in [0.25, 0.3) is 11.1 Å². The molecule has 9 heteroatoms. The quantitative estimate of drug-likeness (QED) is 0.406. The average molecular weight is 477 g/mol. The molecule has 0 aliphatic heterocycles. The number of rotatable bonds is 10. The first kappa shape index (κ1) is 24.0. The zero-order valence-electron chi connectivity index (χ0n) is 19.4. The lowest BCUT2D eigenvalue weighted by Crippen LogP contribution is -2.44. The number of aryl methyl sites for hydroxylation is 1. The summed E-state index contributed by atoms with van der Waals surface area (Å²) in [5.41, 5.74) is 4.84. The number of amides is 2. The Bertz CT molecular complexity index is 1180. The first-order valence-corrected chi connectivity index (χ1v) is 11.6. The molecule has 1 aromatic heterocycles. The number of carboxylic acid groups (broad SMARTS) is 1. The van der Waals surface area contributed by atoms with Crippen molar-refractivity contribution in [3.63, 3.8) is 0 Å². The third-order valence-electron chi connectivity index (χ3n) is 5.95. The molecule has 3 N–H and O–H groups in total. The molecule has 2 aromatic carbocycles. The van der Waals surface area contributed by atoms with Crippen molar-refractivity contribution >= 4 is 23.7 Å². The van der Waals surface area contributed by atoms with Crippen LogP contribution < -0.4 is 10.6 Å². The van der Waals surface area contributed by atoms with Gasteiger partial charge in [0.2, 0.25) is 5.91 Å². The van der Waals surface area contributed by atoms with Crippen molar-refractivity contribution < 1.29 is 24.2 Å². The minimum absolute atomic E-state index is 0.0749. The predicted octanol–water partition coefficient (Wildman–Crippen LogP) is 4.00. The number of ether oxygens (including phenoxy) is 1. The highest BCUT2D eigenvalue weighted by molar-refractivity contribution is 5.96. The third kappa shape index (κ3) is 5.68. The second kappa shape index (κ2) is 10.9. The molecule has 0 saturated heterocycles. The number of aliphatic carboxylic acids is 1. The molecule has 0 bridgehead atoms. The SMILES string of the molecule is CCCn1cc(NC(=O)C(CCC(=O)O)NC(=O)OCC2c3ccccc3-c3ccccc32)cn1. The molecule has 0 spiro atoms. The number of anilines is 1. The van der Waals surface area contributed by atoms with Crippen LogP contribution in [0.1, 0.15) is 43.2 Å². The van der Waals surface area contributed by atoms with E-state index >= 15 is 0 Å². The molecule has 1 aliphatic carbocycles. The molecule has 2 amide bonds. The Kier molecular flexibility index (Phi) is 7.45. The summed E-state index contributed by atoms with van der Waals surface area (Å²) >= 11 is 0. The maximum Gasteiger partial charge on any atom is 0.407 e. The van der Waals surface area contributed by atoms with Gasteiger partial charge in [-0.1, -0.05) is 55.5 Å². The van der Waals surface area contributed by atoms with Gasteiger partial charge < -0.3 is 20.5 Å². The predicted molar refractivity (Wildman–Crippen MR) is 130 cm³/mol. The number of aromatic nitrogens is 2. The van der Waals surface area contributed by atoms with Gasteiger partial charge >= 0.3 is 12.1 Å². The second-order valence-electron chi connectivity index (χ2n) is 8.44. The van der Waals surface area contributed by atoms with Crippen LogP contribution in [-0.2, 0) is 20.9 Å². The summed E-state index contributed by atoms with van der Waals surface area (Å²) in [7, 11) is 0. The monoisotopic (exact) mass is 476 g/mol. The number of nitrogens with one attached hydrogen (secondary N) is 2. The number of hydrogen-bond donors (Lipinski definition) is 3. The zero-order chi connectivity index (χ0) is 24.8. The highest BCUT2D eigenvalue weighted by Crippen LogP contribution is 2.44. The standard InChI is InChI=1S/C26H28N4O5/c1-2-13-30-15-17(14-27-30)28-25(33)23(11-12-24(31)32)29-26(34)35-16-22-20-9-5-3-7-18(20)19-8-4-6-10-21(19)22/h3-10,14-15,22-23H,2,11-13,16H2,1H3,(H,28,33)(H,29,34)(H,31,32). The summed E-state index contributed by atoms with van der Waals surface area (Å²) in [5, 5.41) is 18.5. The second-order valence-corrected chi connectivity index (χ2v) is 8.44. The summed E-state index contributed by atoms with van der Waals surface area (Å²) < 4.78 is 7.21. The number of carbonyl (C=O) groups excluding carboxylic acids is 2. The van der Waals surface area contributed by atoms with E-state index in [-0.39, 0.29) is 25.4 Å². The Hall–Kier alpha value is -4.14. The fraction of sp³-hybridized carbons (Fsp3) is 0.308. The Morgan fingerprint density at radius 1 is 1.09 bits per heavy atom. The Morgan fingerprint density at radius 3 is 2.37 bits per heavy atom. The Morgan fingerprint density at radius 2 is 1.74 bits per heavy atom. The van der Waals surface area contributed by atoms with Crippen molar-refractivity contribution in [3.8, 4) is 11.1 Å². The fourth-order valence-corrected chi connectivity index (χ4v) is 4.33. The van der Waals surface area contributed by atoms with E-state index in [1.165, 1.54) is 6.20 Å². The average Bonchev–Trinajstić information content (AvgIpc) is 3.42. The van der Waals surface area contributed by atoms with Gasteiger partial charge in [-0.25, -0.2) is 4.79 Å². The van der Waals surface area contributed by atoms with E-state index in [2.05, 4.69) is 15.7 Å². The number of alkyl carbamates (subject to hydrolysis) is 1. The molecule has 4 rings (SSSR count). The minimum atomic E-state index is -1.07. The summed E-state index contributed by atoms with van der Waals surface area (Å²) in [6, 6.07) is 14.9. The fourth-order valence-electron chi connectivity index (χ4n) is 4.33. The van der Waals surface area contributed by atoms with E-state index in [1.807, 2.05) is 55.5 Å². The van der Waals surface area contributed by atoms with E-state index in [0.717, 1.165) is 28.7 Å². The van der Waals surface area contributed by atoms with Gasteiger partial charge in [0, 0.05) is 25.1 Å². The van der Waals surface area contributed by atoms with Crippen molar-refractivity contribution in [2.45, 2.75) is 44.7 Å². The van der Waals surface area contributed by atoms with E-state index < -0.39 is 24.0 Å². The van der Waals surface area contributed by atoms with Crippen LogP contribution in [0.3, 0.4) is 0 Å². The maximum absolute atomic E-state index is 12.8. The number of nitrogens with zero attached hydrogens (tertiary/aromatic N) is 2. The van der Waals surface area contributed by atoms with Gasteiger partial charge in [-0.15, -0.1) is 0 Å². The van der Waals surface area contributed by atoms with Crippen LogP contribution in [0, 0.1) is 0 Å². The van der Waals surface area contributed by atoms with Crippen LogP contribution in [-0.4, -0.2) is 45.5 Å². The molecular weight excluding hydrogens is 448 g/mol. The molecule has 1 atom stereocenters. The van der Waals surface area contributed by atoms with Crippen LogP contribution in [0.2, 0.25) is 0 Å². The van der Waals surface area contributed by atoms with Crippen LogP contribution in [0.4, 0.5) is 10.5 Å². The van der Waals surface area contributed by atoms with E-state index in [1.54, 1.807) is 10.9 Å². The van der Waals surface area contributed by atoms with Gasteiger partial charge in [0.15, 0.2) is 0 Å². The van der Waals surface area contributed by atoms with Gasteiger partial charge in [-0.2, -0.15) is 5.10 Å². The molecule has 1 heterocycles. The first-order valence-electron chi connectivity index (χ1n) is 11.6. The summed E-state index contributed by atoms with van der Waals surface area (Å²) in [4.78, 5) is 36.5. The van der Waals surface area contributed by atoms with Crippen LogP contribution in [0.15, 0.2) is 60.9 Å². The molecule has 35 heavy (non-hydrogen) atoms. The molecule has 182 valence electrons. The molecule has 0 saturated carbocycles. The summed E-state index contributed by atoms with van der Waals surface area (Å²) in [5.74, 6) is -1.72. The first-order chi connectivity index (χ1) is 17.0. The molecular formula is C26H28N4O5. The molecule has 9 nitrogen and oxygen atoms in total. The number of hydrogen-bond acceptors (Lipinski definition) is 5. The van der Waals surface area contributed by atoms with Crippen LogP contribution in [0.5, 0.6) is 0 Å². The van der Waals surface area contributed by atoms with Crippen molar-refractivity contribution in [2.75, 3.05) is 11.9 Å². The largest absolute Gasteiger partial charge is 0.481 e. The van der Waals surface area contributed by atoms with E-state index in [9.17, 15) is 14.4 Å². The topological polar surface area (TPSA) is 123 Å². The maximum atomic E-state index is 12.8. The highest BCUT2D eigenvalue weighted by atomic mass is 16.5. The third-order valence-corrected chi connectivity index (χ3v) is 5.95. The van der Waals surface area contributed by atoms with E-state index in [0.29, 0.717) is 12.2 Å². The lowest BCUT2D eigenvalue weighted by Gasteiger charge is -2.19. The molecule has 0 fully saturated rings. The van der Waals surface area contributed by atoms with Gasteiger partial charge in [-0.3, -0.25) is 14.3 Å². The number of benzene rings is 2. The van der Waals surface area contributed by atoms with Gasteiger partial charge in [0.25, 0.3) is 0 Å². The van der Waals surface area contributed by atoms with Crippen molar-refractivity contribution in [1.29, 1.82) is 0 Å². The minimum Gasteiger partial charge on any atom is -0.481 e. The Labute approximate surface area is 203 Å². The van der Waals surface area contributed by atoms with Crippen molar-refractivity contribution in [3.05, 3.63) is 72.1 Å². The lowest BCUT2D eigenvalue weighted by molar-refractivity contribution is -0.137. The van der Waals surface area contributed by atoms with Crippen molar-refractivity contribution in [1.82, 2.24) is 15.1 Å². The van der Waals surface area contributed by atoms with Gasteiger partial charge in [0.1, 0.15) is 12.6 Å². The van der Waals surface area contributed by atoms with Gasteiger partial charge in [-0.05, 0) is 35.1 Å². The summed E-state index contributed by atoms with van der Waals surface area (Å²) in [6.45, 7) is 2.81. The van der Waals surface area contributed by atoms with Crippen molar-refractivity contribution in [2.24, 2.45) is 0 Å². The number of carbonyl (C=O) groups is 3. The molecule has 1 unspecified atom stereocenters. The lowest BCUT2D eigenvalue weighted by atomic mass is 9.98. The highest BCUT2D eigenvalue weighted by Gasteiger charge is 2.30. The zero-order valence-corrected chi connectivity index (χ0v) is 19.4. The normalized spacial score (nSPS) is 12.9. The van der Waals surface area contributed by atoms with E-state index in [4.69, 9.17) is 9.84 Å². The molecule has 3 aromatic rings. The number of fused-ring (bicyclic) bond motifs is 3. The smallest absolute Gasteiger partial charge is 0.407 e.